The van der Waals surface area contributed by atoms with Crippen molar-refractivity contribution in [3.05, 3.63) is 59.7 Å². The second-order valence-electron chi connectivity index (χ2n) is 7.93. The van der Waals surface area contributed by atoms with Crippen LogP contribution in [0.3, 0.4) is 0 Å². The van der Waals surface area contributed by atoms with Crippen LogP contribution in [0.5, 0.6) is 0 Å². The number of carbonyl (C=O) groups is 2. The van der Waals surface area contributed by atoms with E-state index in [4.69, 9.17) is 9.84 Å². The van der Waals surface area contributed by atoms with Crippen LogP contribution in [0.1, 0.15) is 36.8 Å². The first-order valence-corrected chi connectivity index (χ1v) is 9.28. The third-order valence-electron chi connectivity index (χ3n) is 5.83. The van der Waals surface area contributed by atoms with Crippen LogP contribution >= 0.6 is 0 Å². The van der Waals surface area contributed by atoms with E-state index in [1.807, 2.05) is 31.2 Å². The van der Waals surface area contributed by atoms with Crippen molar-refractivity contribution < 1.29 is 19.4 Å². The molecule has 5 heteroatoms. The number of fused-ring (bicyclic) bond motifs is 3. The first-order valence-electron chi connectivity index (χ1n) is 9.28. The Balaban J connectivity index is 1.35. The number of rotatable bonds is 5. The van der Waals surface area contributed by atoms with Crippen molar-refractivity contribution in [3.8, 4) is 11.1 Å². The van der Waals surface area contributed by atoms with Gasteiger partial charge in [0.2, 0.25) is 0 Å². The molecule has 0 spiro atoms. The molecule has 2 aromatic carbocycles. The zero-order valence-electron chi connectivity index (χ0n) is 15.3. The number of carboxylic acid groups (broad SMARTS) is 1. The maximum atomic E-state index is 12.2. The Bertz CT molecular complexity index is 840. The summed E-state index contributed by atoms with van der Waals surface area (Å²) in [6.45, 7) is 2.72. The quantitative estimate of drug-likeness (QED) is 0.839. The van der Waals surface area contributed by atoms with Crippen LogP contribution < -0.4 is 5.32 Å². The summed E-state index contributed by atoms with van der Waals surface area (Å²) in [5.74, 6) is -1.01. The van der Waals surface area contributed by atoms with Gasteiger partial charge in [0.1, 0.15) is 6.61 Å². The minimum Gasteiger partial charge on any atom is -0.481 e. The van der Waals surface area contributed by atoms with Crippen molar-refractivity contribution in [2.45, 2.75) is 25.7 Å². The van der Waals surface area contributed by atoms with Gasteiger partial charge in [-0.25, -0.2) is 4.79 Å². The molecule has 27 heavy (non-hydrogen) atoms. The molecule has 0 heterocycles. The third-order valence-corrected chi connectivity index (χ3v) is 5.83. The lowest BCUT2D eigenvalue weighted by molar-refractivity contribution is -0.149. The molecule has 0 bridgehead atoms. The summed E-state index contributed by atoms with van der Waals surface area (Å²) in [6, 6.07) is 16.4. The summed E-state index contributed by atoms with van der Waals surface area (Å²) in [6.07, 6.45) is 0.731. The Morgan fingerprint density at radius 1 is 1.07 bits per heavy atom. The van der Waals surface area contributed by atoms with Crippen LogP contribution in [0.25, 0.3) is 11.1 Å². The van der Waals surface area contributed by atoms with Gasteiger partial charge >= 0.3 is 12.1 Å². The van der Waals surface area contributed by atoms with E-state index >= 15 is 0 Å². The predicted octanol–water partition coefficient (Wildman–Crippen LogP) is 4.03. The zero-order valence-corrected chi connectivity index (χ0v) is 15.3. The summed E-state index contributed by atoms with van der Waals surface area (Å²) in [5, 5.41) is 11.8. The van der Waals surface area contributed by atoms with Crippen LogP contribution in [0.4, 0.5) is 4.79 Å². The molecule has 0 atom stereocenters. The van der Waals surface area contributed by atoms with E-state index in [-0.39, 0.29) is 23.9 Å². The fourth-order valence-electron chi connectivity index (χ4n) is 4.38. The molecule has 0 aromatic heterocycles. The van der Waals surface area contributed by atoms with Gasteiger partial charge in [-0.05, 0) is 40.5 Å². The average Bonchev–Trinajstić information content (AvgIpc) is 2.96. The first kappa shape index (κ1) is 17.6. The van der Waals surface area contributed by atoms with Crippen LogP contribution in [0.2, 0.25) is 0 Å². The Morgan fingerprint density at radius 2 is 1.63 bits per heavy atom. The topological polar surface area (TPSA) is 75.6 Å². The fraction of sp³-hybridized carbons (Fsp3) is 0.364. The number of nitrogens with one attached hydrogen (secondary N) is 1. The fourth-order valence-corrected chi connectivity index (χ4v) is 4.38. The van der Waals surface area contributed by atoms with Crippen molar-refractivity contribution in [3.63, 3.8) is 0 Å². The molecule has 2 aliphatic carbocycles. The van der Waals surface area contributed by atoms with E-state index in [9.17, 15) is 9.59 Å². The number of carboxylic acids is 1. The number of hydrogen-bond donors (Lipinski definition) is 2. The van der Waals surface area contributed by atoms with Crippen molar-refractivity contribution in [1.29, 1.82) is 0 Å². The van der Waals surface area contributed by atoms with Gasteiger partial charge in [0, 0.05) is 12.5 Å². The van der Waals surface area contributed by atoms with Gasteiger partial charge in [0.15, 0.2) is 0 Å². The number of hydrogen-bond acceptors (Lipinski definition) is 3. The molecule has 1 saturated carbocycles. The zero-order chi connectivity index (χ0) is 19.0. The molecule has 2 aromatic rings. The molecule has 0 radical (unpaired) electrons. The highest BCUT2D eigenvalue weighted by Gasteiger charge is 2.44. The molecule has 0 saturated heterocycles. The Kier molecular flexibility index (Phi) is 4.38. The van der Waals surface area contributed by atoms with E-state index < -0.39 is 12.1 Å². The second kappa shape index (κ2) is 6.72. The molecular formula is C22H23NO4. The third kappa shape index (κ3) is 3.29. The molecule has 2 aliphatic rings. The van der Waals surface area contributed by atoms with Gasteiger partial charge in [-0.2, -0.15) is 0 Å². The number of aliphatic carboxylic acids is 1. The standard InChI is InChI=1S/C22H23NO4/c1-22(10-14(11-22)20(24)25)13-23-21(26)27-12-19-17-8-4-2-6-15(17)16-7-3-5-9-18(16)19/h2-9,14,19H,10-13H2,1H3,(H,23,26)(H,24,25). The summed E-state index contributed by atoms with van der Waals surface area (Å²) in [5.41, 5.74) is 4.60. The molecule has 0 unspecified atom stereocenters. The molecule has 4 rings (SSSR count). The first-order chi connectivity index (χ1) is 13.0. The van der Waals surface area contributed by atoms with Crippen molar-refractivity contribution in [2.75, 3.05) is 13.2 Å². The Labute approximate surface area is 158 Å². The number of ether oxygens (including phenoxy) is 1. The van der Waals surface area contributed by atoms with Gasteiger partial charge in [0.05, 0.1) is 5.92 Å². The highest BCUT2D eigenvalue weighted by atomic mass is 16.5. The van der Waals surface area contributed by atoms with Crippen LogP contribution in [-0.4, -0.2) is 30.3 Å². The lowest BCUT2D eigenvalue weighted by Crippen LogP contribution is -2.46. The minimum atomic E-state index is -0.756. The number of amides is 1. The van der Waals surface area contributed by atoms with Gasteiger partial charge in [-0.3, -0.25) is 4.79 Å². The van der Waals surface area contributed by atoms with E-state index in [0.29, 0.717) is 19.4 Å². The number of benzene rings is 2. The maximum absolute atomic E-state index is 12.2. The van der Waals surface area contributed by atoms with Gasteiger partial charge in [-0.15, -0.1) is 0 Å². The number of alkyl carbamates (subject to hydrolysis) is 1. The van der Waals surface area contributed by atoms with Gasteiger partial charge in [0.25, 0.3) is 0 Å². The monoisotopic (exact) mass is 365 g/mol. The van der Waals surface area contributed by atoms with E-state index in [1.54, 1.807) is 0 Å². The largest absolute Gasteiger partial charge is 0.481 e. The van der Waals surface area contributed by atoms with E-state index in [2.05, 4.69) is 29.6 Å². The molecule has 0 aliphatic heterocycles. The second-order valence-corrected chi connectivity index (χ2v) is 7.93. The van der Waals surface area contributed by atoms with Crippen LogP contribution in [0, 0.1) is 11.3 Å². The van der Waals surface area contributed by atoms with Crippen LogP contribution in [0.15, 0.2) is 48.5 Å². The predicted molar refractivity (Wildman–Crippen MR) is 102 cm³/mol. The van der Waals surface area contributed by atoms with Crippen molar-refractivity contribution >= 4 is 12.1 Å². The van der Waals surface area contributed by atoms with E-state index in [1.165, 1.54) is 22.3 Å². The van der Waals surface area contributed by atoms with Gasteiger partial charge < -0.3 is 15.2 Å². The van der Waals surface area contributed by atoms with E-state index in [0.717, 1.165) is 0 Å². The molecule has 1 amide bonds. The smallest absolute Gasteiger partial charge is 0.407 e. The Hall–Kier alpha value is -2.82. The molecule has 5 nitrogen and oxygen atoms in total. The van der Waals surface area contributed by atoms with Crippen LogP contribution in [-0.2, 0) is 9.53 Å². The molecular weight excluding hydrogens is 342 g/mol. The normalized spacial score (nSPS) is 23.1. The minimum absolute atomic E-state index is 0.0406. The molecule has 140 valence electrons. The average molecular weight is 365 g/mol. The SMILES string of the molecule is CC1(CNC(=O)OCC2c3ccccc3-c3ccccc32)CC(C(=O)O)C1. The molecule has 2 N–H and O–H groups in total. The summed E-state index contributed by atoms with van der Waals surface area (Å²) >= 11 is 0. The summed E-state index contributed by atoms with van der Waals surface area (Å²) < 4.78 is 5.51. The number of carbonyl (C=O) groups excluding carboxylic acids is 1. The molecule has 1 fully saturated rings. The highest BCUT2D eigenvalue weighted by molar-refractivity contribution is 5.79. The van der Waals surface area contributed by atoms with Crippen molar-refractivity contribution in [2.24, 2.45) is 11.3 Å². The van der Waals surface area contributed by atoms with Crippen molar-refractivity contribution in [1.82, 2.24) is 5.32 Å². The van der Waals surface area contributed by atoms with Gasteiger partial charge in [-0.1, -0.05) is 55.5 Å². The highest BCUT2D eigenvalue weighted by Crippen LogP contribution is 2.45. The Morgan fingerprint density at radius 3 is 2.19 bits per heavy atom. The lowest BCUT2D eigenvalue weighted by Gasteiger charge is -2.43. The summed E-state index contributed by atoms with van der Waals surface area (Å²) in [4.78, 5) is 23.1. The maximum Gasteiger partial charge on any atom is 0.407 e. The summed E-state index contributed by atoms with van der Waals surface area (Å²) in [7, 11) is 0. The lowest BCUT2D eigenvalue weighted by atomic mass is 9.63.